The van der Waals surface area contributed by atoms with Gasteiger partial charge in [0.15, 0.2) is 14.9 Å². The predicted molar refractivity (Wildman–Crippen MR) is 45.0 cm³/mol. The molecule has 0 fully saturated rings. The second-order valence-corrected chi connectivity index (χ2v) is 5.15. The zero-order valence-corrected chi connectivity index (χ0v) is 7.69. The molecule has 1 aromatic rings. The van der Waals surface area contributed by atoms with Gasteiger partial charge in [0.1, 0.15) is 0 Å². The normalized spacial score (nSPS) is 19.1. The van der Waals surface area contributed by atoms with Crippen molar-refractivity contribution in [3.63, 3.8) is 0 Å². The highest BCUT2D eigenvalue weighted by molar-refractivity contribution is 7.91. The molecule has 0 N–H and O–H groups in total. The molecule has 64 valence electrons. The number of fused-ring (bicyclic) bond motifs is 1. The monoisotopic (exact) mass is 203 g/mol. The van der Waals surface area contributed by atoms with Crippen LogP contribution in [0.25, 0.3) is 0 Å². The molecular formula is C7H6ClNO2S. The standard InChI is InChI=1S/C7H6ClNO2S/c8-6-3-5-1-2-12(10,11)7(5)9-4-6/h3-4H,1-2H2. The SMILES string of the molecule is O=S1(=O)CCc2cc(Cl)cnc21. The average Bonchev–Trinajstić information content (AvgIpc) is 2.27. The summed E-state index contributed by atoms with van der Waals surface area (Å²) in [6.07, 6.45) is 1.90. The largest absolute Gasteiger partial charge is 0.243 e. The highest BCUT2D eigenvalue weighted by atomic mass is 35.5. The van der Waals surface area contributed by atoms with E-state index in [1.54, 1.807) is 6.07 Å². The van der Waals surface area contributed by atoms with Crippen molar-refractivity contribution in [2.75, 3.05) is 5.75 Å². The Kier molecular flexibility index (Phi) is 1.63. The molecule has 0 atom stereocenters. The Hall–Kier alpha value is -0.610. The molecule has 0 aliphatic carbocycles. The lowest BCUT2D eigenvalue weighted by Gasteiger charge is -1.95. The van der Waals surface area contributed by atoms with Gasteiger partial charge in [0.25, 0.3) is 0 Å². The molecule has 0 saturated heterocycles. The number of rotatable bonds is 0. The van der Waals surface area contributed by atoms with Gasteiger partial charge in [-0.15, -0.1) is 0 Å². The molecule has 0 unspecified atom stereocenters. The van der Waals surface area contributed by atoms with Crippen molar-refractivity contribution in [1.82, 2.24) is 4.98 Å². The second kappa shape index (κ2) is 2.44. The van der Waals surface area contributed by atoms with E-state index in [0.717, 1.165) is 5.56 Å². The predicted octanol–water partition coefficient (Wildman–Crippen LogP) is 1.06. The summed E-state index contributed by atoms with van der Waals surface area (Å²) in [7, 11) is -3.09. The molecule has 1 aromatic heterocycles. The quantitative estimate of drug-likeness (QED) is 0.634. The molecule has 2 rings (SSSR count). The minimum Gasteiger partial charge on any atom is -0.243 e. The molecule has 1 aliphatic rings. The Morgan fingerprint density at radius 2 is 2.25 bits per heavy atom. The lowest BCUT2D eigenvalue weighted by atomic mass is 10.2. The highest BCUT2D eigenvalue weighted by Crippen LogP contribution is 2.25. The van der Waals surface area contributed by atoms with Crippen LogP contribution in [0.2, 0.25) is 5.02 Å². The molecule has 0 aromatic carbocycles. The van der Waals surface area contributed by atoms with Crippen LogP contribution in [0.1, 0.15) is 5.56 Å². The number of aromatic nitrogens is 1. The lowest BCUT2D eigenvalue weighted by Crippen LogP contribution is -2.00. The number of nitrogens with zero attached hydrogens (tertiary/aromatic N) is 1. The van der Waals surface area contributed by atoms with Gasteiger partial charge >= 0.3 is 0 Å². The van der Waals surface area contributed by atoms with Crippen LogP contribution < -0.4 is 0 Å². The summed E-state index contributed by atoms with van der Waals surface area (Å²) in [5, 5.41) is 0.692. The topological polar surface area (TPSA) is 47.0 Å². The van der Waals surface area contributed by atoms with Crippen molar-refractivity contribution in [2.24, 2.45) is 0 Å². The summed E-state index contributed by atoms with van der Waals surface area (Å²) in [6, 6.07) is 1.66. The molecule has 0 saturated carbocycles. The van der Waals surface area contributed by atoms with E-state index in [1.165, 1.54) is 6.20 Å². The van der Waals surface area contributed by atoms with Gasteiger partial charge in [-0.05, 0) is 18.1 Å². The van der Waals surface area contributed by atoms with E-state index in [1.807, 2.05) is 0 Å². The third kappa shape index (κ3) is 1.11. The molecule has 12 heavy (non-hydrogen) atoms. The van der Waals surface area contributed by atoms with E-state index >= 15 is 0 Å². The number of hydrogen-bond donors (Lipinski definition) is 0. The molecule has 0 bridgehead atoms. The van der Waals surface area contributed by atoms with E-state index in [9.17, 15) is 8.42 Å². The van der Waals surface area contributed by atoms with Crippen molar-refractivity contribution in [2.45, 2.75) is 11.4 Å². The Bertz CT molecular complexity index is 427. The minimum atomic E-state index is -3.09. The van der Waals surface area contributed by atoms with Crippen LogP contribution in [0.3, 0.4) is 0 Å². The number of halogens is 1. The fourth-order valence-electron chi connectivity index (χ4n) is 1.27. The van der Waals surface area contributed by atoms with Crippen molar-refractivity contribution in [3.8, 4) is 0 Å². The van der Waals surface area contributed by atoms with Crippen molar-refractivity contribution >= 4 is 21.4 Å². The fourth-order valence-corrected chi connectivity index (χ4v) is 2.91. The van der Waals surface area contributed by atoms with Crippen molar-refractivity contribution in [3.05, 3.63) is 22.8 Å². The summed E-state index contributed by atoms with van der Waals surface area (Å²) < 4.78 is 22.5. The van der Waals surface area contributed by atoms with Gasteiger partial charge in [0.2, 0.25) is 0 Å². The molecule has 0 amide bonds. The third-order valence-corrected chi connectivity index (χ3v) is 3.73. The Morgan fingerprint density at radius 3 is 3.00 bits per heavy atom. The van der Waals surface area contributed by atoms with Gasteiger partial charge in [-0.25, -0.2) is 13.4 Å². The minimum absolute atomic E-state index is 0.162. The molecule has 0 spiro atoms. The highest BCUT2D eigenvalue weighted by Gasteiger charge is 2.27. The Morgan fingerprint density at radius 1 is 1.50 bits per heavy atom. The maximum atomic E-state index is 11.3. The molecule has 3 nitrogen and oxygen atoms in total. The van der Waals surface area contributed by atoms with E-state index < -0.39 is 9.84 Å². The van der Waals surface area contributed by atoms with E-state index in [-0.39, 0.29) is 10.8 Å². The molecule has 5 heteroatoms. The van der Waals surface area contributed by atoms with Gasteiger partial charge in [0.05, 0.1) is 10.8 Å². The molecule has 1 aliphatic heterocycles. The smallest absolute Gasteiger partial charge is 0.196 e. The second-order valence-electron chi connectivity index (χ2n) is 2.69. The maximum absolute atomic E-state index is 11.3. The van der Waals surface area contributed by atoms with E-state index in [0.29, 0.717) is 11.4 Å². The Labute approximate surface area is 75.3 Å². The number of aryl methyl sites for hydroxylation is 1. The first kappa shape index (κ1) is 8.01. The molecule has 0 radical (unpaired) electrons. The lowest BCUT2D eigenvalue weighted by molar-refractivity contribution is 0.597. The number of sulfone groups is 1. The molecular weight excluding hydrogens is 198 g/mol. The first-order chi connectivity index (χ1) is 5.59. The first-order valence-corrected chi connectivity index (χ1v) is 5.50. The van der Waals surface area contributed by atoms with Crippen LogP contribution >= 0.6 is 11.6 Å². The summed E-state index contributed by atoms with van der Waals surface area (Å²) in [5.41, 5.74) is 0.738. The van der Waals surface area contributed by atoms with Gasteiger partial charge in [-0.2, -0.15) is 0 Å². The van der Waals surface area contributed by atoms with Crippen LogP contribution in [-0.4, -0.2) is 19.2 Å². The van der Waals surface area contributed by atoms with Gasteiger partial charge in [0, 0.05) is 6.20 Å². The maximum Gasteiger partial charge on any atom is 0.196 e. The summed E-state index contributed by atoms with van der Waals surface area (Å²) in [5.74, 6) is 0.162. The molecule has 2 heterocycles. The summed E-state index contributed by atoms with van der Waals surface area (Å²) in [4.78, 5) is 3.79. The summed E-state index contributed by atoms with van der Waals surface area (Å²) in [6.45, 7) is 0. The van der Waals surface area contributed by atoms with Crippen LogP contribution in [0.5, 0.6) is 0 Å². The third-order valence-electron chi connectivity index (χ3n) is 1.83. The van der Waals surface area contributed by atoms with Crippen LogP contribution in [-0.2, 0) is 16.3 Å². The zero-order chi connectivity index (χ0) is 8.77. The van der Waals surface area contributed by atoms with Crippen LogP contribution in [0.15, 0.2) is 17.3 Å². The van der Waals surface area contributed by atoms with Crippen LogP contribution in [0, 0.1) is 0 Å². The van der Waals surface area contributed by atoms with Crippen molar-refractivity contribution in [1.29, 1.82) is 0 Å². The van der Waals surface area contributed by atoms with Crippen LogP contribution in [0.4, 0.5) is 0 Å². The van der Waals surface area contributed by atoms with Gasteiger partial charge < -0.3 is 0 Å². The number of pyridine rings is 1. The number of hydrogen-bond acceptors (Lipinski definition) is 3. The zero-order valence-electron chi connectivity index (χ0n) is 6.12. The fraction of sp³-hybridized carbons (Fsp3) is 0.286. The van der Waals surface area contributed by atoms with E-state index in [2.05, 4.69) is 4.98 Å². The average molecular weight is 204 g/mol. The van der Waals surface area contributed by atoms with Gasteiger partial charge in [-0.1, -0.05) is 11.6 Å². The van der Waals surface area contributed by atoms with Crippen molar-refractivity contribution < 1.29 is 8.42 Å². The summed E-state index contributed by atoms with van der Waals surface area (Å²) >= 11 is 5.66. The van der Waals surface area contributed by atoms with E-state index in [4.69, 9.17) is 11.6 Å². The Balaban J connectivity index is 2.71. The first-order valence-electron chi connectivity index (χ1n) is 3.47. The van der Waals surface area contributed by atoms with Gasteiger partial charge in [-0.3, -0.25) is 0 Å².